The van der Waals surface area contributed by atoms with E-state index in [1.807, 2.05) is 12.1 Å². The van der Waals surface area contributed by atoms with Gasteiger partial charge in [0.25, 0.3) is 0 Å². The number of fused-ring (bicyclic) bond motifs is 2. The lowest BCUT2D eigenvalue weighted by Crippen LogP contribution is -2.25. The van der Waals surface area contributed by atoms with Gasteiger partial charge in [-0.2, -0.15) is 0 Å². The molecule has 0 radical (unpaired) electrons. The Hall–Kier alpha value is -1.26. The largest absolute Gasteiger partial charge is 0.493 e. The van der Waals surface area contributed by atoms with Gasteiger partial charge in [0.1, 0.15) is 0 Å². The van der Waals surface area contributed by atoms with Crippen molar-refractivity contribution in [1.29, 1.82) is 0 Å². The fraction of sp³-hybridized carbons (Fsp3) is 0.571. The minimum atomic E-state index is -0.276. The van der Waals surface area contributed by atoms with Crippen LogP contribution >= 0.6 is 0 Å². The van der Waals surface area contributed by atoms with E-state index in [4.69, 9.17) is 14.2 Å². The molecule has 4 nitrogen and oxygen atoms in total. The van der Waals surface area contributed by atoms with Crippen LogP contribution < -0.4 is 9.47 Å². The van der Waals surface area contributed by atoms with Crippen LogP contribution in [0.2, 0.25) is 0 Å². The molecule has 1 spiro atoms. The van der Waals surface area contributed by atoms with Crippen LogP contribution in [-0.2, 0) is 16.8 Å². The first kappa shape index (κ1) is 11.8. The highest BCUT2D eigenvalue weighted by atomic mass is 16.5. The molecule has 3 rings (SSSR count). The smallest absolute Gasteiger partial charge is 0.161 e. The molecule has 1 aliphatic heterocycles. The monoisotopic (exact) mass is 250 g/mol. The van der Waals surface area contributed by atoms with E-state index in [1.54, 1.807) is 14.2 Å². The summed E-state index contributed by atoms with van der Waals surface area (Å²) in [5.41, 5.74) is 2.13. The zero-order valence-corrected chi connectivity index (χ0v) is 10.7. The van der Waals surface area contributed by atoms with Crippen molar-refractivity contribution in [1.82, 2.24) is 0 Å². The van der Waals surface area contributed by atoms with Gasteiger partial charge >= 0.3 is 0 Å². The average Bonchev–Trinajstić information content (AvgIpc) is 3.12. The number of hydrogen-bond acceptors (Lipinski definition) is 4. The van der Waals surface area contributed by atoms with E-state index in [2.05, 4.69) is 0 Å². The highest BCUT2D eigenvalue weighted by Gasteiger charge is 2.58. The van der Waals surface area contributed by atoms with E-state index < -0.39 is 0 Å². The summed E-state index contributed by atoms with van der Waals surface area (Å²) in [6.07, 6.45) is 1.78. The Morgan fingerprint density at radius 1 is 1.33 bits per heavy atom. The summed E-state index contributed by atoms with van der Waals surface area (Å²) in [5, 5.41) is 9.34. The highest BCUT2D eigenvalue weighted by Crippen LogP contribution is 2.58. The van der Waals surface area contributed by atoms with Crippen molar-refractivity contribution in [2.45, 2.75) is 18.4 Å². The summed E-state index contributed by atoms with van der Waals surface area (Å²) in [6, 6.07) is 4.04. The second kappa shape index (κ2) is 4.14. The number of hydrogen-bond donors (Lipinski definition) is 1. The first-order chi connectivity index (χ1) is 8.75. The van der Waals surface area contributed by atoms with Gasteiger partial charge in [-0.05, 0) is 36.1 Å². The molecule has 1 aromatic rings. The molecular formula is C14H18O4. The van der Waals surface area contributed by atoms with Gasteiger partial charge in [-0.15, -0.1) is 0 Å². The number of benzene rings is 1. The van der Waals surface area contributed by atoms with Gasteiger partial charge in [0.2, 0.25) is 0 Å². The fourth-order valence-corrected chi connectivity index (χ4v) is 2.97. The maximum absolute atomic E-state index is 9.34. The highest BCUT2D eigenvalue weighted by molar-refractivity contribution is 5.52. The molecule has 0 aromatic heterocycles. The van der Waals surface area contributed by atoms with Crippen LogP contribution in [0.5, 0.6) is 11.5 Å². The Morgan fingerprint density at radius 2 is 2.06 bits per heavy atom. The van der Waals surface area contributed by atoms with E-state index in [0.29, 0.717) is 6.61 Å². The number of aliphatic hydroxyl groups is 1. The quantitative estimate of drug-likeness (QED) is 0.883. The lowest BCUT2D eigenvalue weighted by Gasteiger charge is -2.28. The molecule has 4 heteroatoms. The molecule has 0 bridgehead atoms. The predicted molar refractivity (Wildman–Crippen MR) is 66.1 cm³/mol. The molecule has 2 aliphatic rings. The van der Waals surface area contributed by atoms with Crippen molar-refractivity contribution in [2.24, 2.45) is 5.92 Å². The van der Waals surface area contributed by atoms with Gasteiger partial charge in [-0.25, -0.2) is 0 Å². The number of rotatable bonds is 3. The summed E-state index contributed by atoms with van der Waals surface area (Å²) in [7, 11) is 3.28. The maximum atomic E-state index is 9.34. The average molecular weight is 250 g/mol. The third-order valence-electron chi connectivity index (χ3n) is 4.07. The van der Waals surface area contributed by atoms with Gasteiger partial charge in [-0.1, -0.05) is 0 Å². The molecular weight excluding hydrogens is 232 g/mol. The summed E-state index contributed by atoms with van der Waals surface area (Å²) < 4.78 is 16.6. The lowest BCUT2D eigenvalue weighted by molar-refractivity contribution is 0.0000642. The van der Waals surface area contributed by atoms with Gasteiger partial charge in [0.15, 0.2) is 11.5 Å². The van der Waals surface area contributed by atoms with Crippen molar-refractivity contribution in [3.63, 3.8) is 0 Å². The van der Waals surface area contributed by atoms with Crippen LogP contribution in [0.25, 0.3) is 0 Å². The molecule has 1 fully saturated rings. The summed E-state index contributed by atoms with van der Waals surface area (Å²) in [5.74, 6) is 1.70. The zero-order chi connectivity index (χ0) is 12.8. The van der Waals surface area contributed by atoms with E-state index in [0.717, 1.165) is 29.9 Å². The van der Waals surface area contributed by atoms with Crippen LogP contribution in [-0.4, -0.2) is 32.5 Å². The van der Waals surface area contributed by atoms with Crippen LogP contribution in [0.3, 0.4) is 0 Å². The third kappa shape index (κ3) is 1.52. The van der Waals surface area contributed by atoms with Crippen molar-refractivity contribution in [2.75, 3.05) is 27.4 Å². The summed E-state index contributed by atoms with van der Waals surface area (Å²) >= 11 is 0. The lowest BCUT2D eigenvalue weighted by atomic mass is 9.93. The van der Waals surface area contributed by atoms with Crippen LogP contribution in [0.4, 0.5) is 0 Å². The topological polar surface area (TPSA) is 47.9 Å². The second-order valence-corrected chi connectivity index (χ2v) is 4.94. The van der Waals surface area contributed by atoms with Gasteiger partial charge in [0, 0.05) is 12.5 Å². The molecule has 0 saturated heterocycles. The van der Waals surface area contributed by atoms with E-state index in [-0.39, 0.29) is 18.1 Å². The first-order valence-electron chi connectivity index (χ1n) is 6.25. The Kier molecular flexibility index (Phi) is 2.72. The first-order valence-corrected chi connectivity index (χ1v) is 6.25. The number of methoxy groups -OCH3 is 2. The molecule has 18 heavy (non-hydrogen) atoms. The zero-order valence-electron chi connectivity index (χ0n) is 10.7. The fourth-order valence-electron chi connectivity index (χ4n) is 2.97. The molecule has 1 saturated carbocycles. The molecule has 1 aromatic carbocycles. The Balaban J connectivity index is 2.07. The van der Waals surface area contributed by atoms with Crippen molar-refractivity contribution in [3.05, 3.63) is 23.3 Å². The van der Waals surface area contributed by atoms with Crippen molar-refractivity contribution in [3.8, 4) is 11.5 Å². The summed E-state index contributed by atoms with van der Waals surface area (Å²) in [6.45, 7) is 0.882. The molecule has 1 aliphatic carbocycles. The number of ether oxygens (including phenoxy) is 3. The molecule has 1 heterocycles. The van der Waals surface area contributed by atoms with Gasteiger partial charge in [0.05, 0.1) is 26.4 Å². The molecule has 0 amide bonds. The minimum Gasteiger partial charge on any atom is -0.493 e. The van der Waals surface area contributed by atoms with Crippen LogP contribution in [0.15, 0.2) is 12.1 Å². The third-order valence-corrected chi connectivity index (χ3v) is 4.07. The summed E-state index contributed by atoms with van der Waals surface area (Å²) in [4.78, 5) is 0. The van der Waals surface area contributed by atoms with E-state index >= 15 is 0 Å². The Morgan fingerprint density at radius 3 is 2.67 bits per heavy atom. The Bertz CT molecular complexity index is 471. The minimum absolute atomic E-state index is 0.174. The molecule has 1 N–H and O–H groups in total. The SMILES string of the molecule is COc1cc2c(cc1OC)[C@@]1(C[C@H]1CO)OCC2. The molecule has 2 atom stereocenters. The van der Waals surface area contributed by atoms with Crippen molar-refractivity contribution >= 4 is 0 Å². The number of aliphatic hydroxyl groups excluding tert-OH is 1. The van der Waals surface area contributed by atoms with Gasteiger partial charge in [-0.3, -0.25) is 0 Å². The van der Waals surface area contributed by atoms with Gasteiger partial charge < -0.3 is 19.3 Å². The van der Waals surface area contributed by atoms with E-state index in [1.165, 1.54) is 5.56 Å². The van der Waals surface area contributed by atoms with E-state index in [9.17, 15) is 5.11 Å². The maximum Gasteiger partial charge on any atom is 0.161 e. The van der Waals surface area contributed by atoms with Crippen molar-refractivity contribution < 1.29 is 19.3 Å². The molecule has 0 unspecified atom stereocenters. The normalized spacial score (nSPS) is 28.9. The van der Waals surface area contributed by atoms with Crippen LogP contribution in [0.1, 0.15) is 17.5 Å². The second-order valence-electron chi connectivity index (χ2n) is 4.94. The standard InChI is InChI=1S/C14H18O4/c1-16-12-5-9-3-4-18-14(7-10(14)8-15)11(9)6-13(12)17-2/h5-6,10,15H,3-4,7-8H2,1-2H3/t10-,14-/m0/s1. The Labute approximate surface area is 106 Å². The molecule has 98 valence electrons. The van der Waals surface area contributed by atoms with Crippen LogP contribution in [0, 0.1) is 5.92 Å². The predicted octanol–water partition coefficient (Wildman–Crippen LogP) is 1.48.